The fourth-order valence-corrected chi connectivity index (χ4v) is 4.00. The van der Waals surface area contributed by atoms with Crippen LogP contribution in [-0.2, 0) is 0 Å². The second-order valence-electron chi connectivity index (χ2n) is 6.37. The Morgan fingerprint density at radius 2 is 2.00 bits per heavy atom. The maximum atomic E-state index is 6.39. The molecule has 1 saturated heterocycles. The standard InChI is InChI=1S/C16H26N2O/c1-3-14(17)16(15-8-7-11(2)19-15)18-9-12-5-4-6-13(12)10-18/h7-8,12-14,16H,3-6,9-10,17H2,1-2H3. The molecule has 1 aliphatic heterocycles. The number of nitrogens with two attached hydrogens (primary N) is 1. The monoisotopic (exact) mass is 262 g/mol. The third-order valence-corrected chi connectivity index (χ3v) is 5.08. The number of nitrogens with zero attached hydrogens (tertiary/aromatic N) is 1. The number of rotatable bonds is 4. The maximum absolute atomic E-state index is 6.39. The van der Waals surface area contributed by atoms with Crippen LogP contribution in [0, 0.1) is 18.8 Å². The van der Waals surface area contributed by atoms with E-state index in [2.05, 4.69) is 24.0 Å². The fourth-order valence-electron chi connectivity index (χ4n) is 4.00. The molecule has 1 aromatic rings. The van der Waals surface area contributed by atoms with Crippen molar-refractivity contribution in [1.29, 1.82) is 0 Å². The van der Waals surface area contributed by atoms with Gasteiger partial charge >= 0.3 is 0 Å². The summed E-state index contributed by atoms with van der Waals surface area (Å²) >= 11 is 0. The number of aryl methyl sites for hydroxylation is 1. The number of furan rings is 1. The largest absolute Gasteiger partial charge is 0.465 e. The minimum Gasteiger partial charge on any atom is -0.465 e. The molecule has 0 bridgehead atoms. The van der Waals surface area contributed by atoms with Crippen molar-refractivity contribution < 1.29 is 4.42 Å². The Kier molecular flexibility index (Phi) is 3.68. The van der Waals surface area contributed by atoms with Crippen LogP contribution in [-0.4, -0.2) is 24.0 Å². The van der Waals surface area contributed by atoms with E-state index >= 15 is 0 Å². The molecule has 19 heavy (non-hydrogen) atoms. The number of hydrogen-bond acceptors (Lipinski definition) is 3. The van der Waals surface area contributed by atoms with Crippen LogP contribution < -0.4 is 5.73 Å². The van der Waals surface area contributed by atoms with Gasteiger partial charge < -0.3 is 10.2 Å². The molecular weight excluding hydrogens is 236 g/mol. The predicted octanol–water partition coefficient (Wildman–Crippen LogP) is 3.10. The molecule has 2 N–H and O–H groups in total. The van der Waals surface area contributed by atoms with Gasteiger partial charge in [0.25, 0.3) is 0 Å². The zero-order valence-electron chi connectivity index (χ0n) is 12.1. The van der Waals surface area contributed by atoms with Crippen LogP contribution >= 0.6 is 0 Å². The quantitative estimate of drug-likeness (QED) is 0.906. The zero-order valence-corrected chi connectivity index (χ0v) is 12.1. The Hall–Kier alpha value is -0.800. The normalized spacial score (nSPS) is 30.5. The Labute approximate surface area is 116 Å². The van der Waals surface area contributed by atoms with Crippen molar-refractivity contribution in [3.8, 4) is 0 Å². The first-order valence-electron chi connectivity index (χ1n) is 7.75. The summed E-state index contributed by atoms with van der Waals surface area (Å²) in [4.78, 5) is 2.58. The summed E-state index contributed by atoms with van der Waals surface area (Å²) in [5, 5.41) is 0. The maximum Gasteiger partial charge on any atom is 0.122 e. The summed E-state index contributed by atoms with van der Waals surface area (Å²) in [6.07, 6.45) is 5.24. The molecular formula is C16H26N2O. The van der Waals surface area contributed by atoms with E-state index in [4.69, 9.17) is 10.2 Å². The van der Waals surface area contributed by atoms with E-state index in [9.17, 15) is 0 Å². The summed E-state index contributed by atoms with van der Waals surface area (Å²) in [6.45, 7) is 6.60. The van der Waals surface area contributed by atoms with Gasteiger partial charge in [-0.05, 0) is 50.2 Å². The van der Waals surface area contributed by atoms with E-state index < -0.39 is 0 Å². The Morgan fingerprint density at radius 3 is 2.53 bits per heavy atom. The minimum atomic E-state index is 0.171. The van der Waals surface area contributed by atoms with Gasteiger partial charge in [-0.25, -0.2) is 0 Å². The third kappa shape index (κ3) is 2.46. The molecule has 3 nitrogen and oxygen atoms in total. The summed E-state index contributed by atoms with van der Waals surface area (Å²) < 4.78 is 5.88. The number of fused-ring (bicyclic) bond motifs is 1. The van der Waals surface area contributed by atoms with Crippen molar-refractivity contribution in [2.24, 2.45) is 17.6 Å². The smallest absolute Gasteiger partial charge is 0.122 e. The van der Waals surface area contributed by atoms with Gasteiger partial charge in [-0.2, -0.15) is 0 Å². The van der Waals surface area contributed by atoms with Crippen molar-refractivity contribution in [2.45, 2.75) is 51.6 Å². The SMILES string of the molecule is CCC(N)C(c1ccc(C)o1)N1CC2CCCC2C1. The summed E-state index contributed by atoms with van der Waals surface area (Å²) in [5.41, 5.74) is 6.39. The number of hydrogen-bond donors (Lipinski definition) is 1. The van der Waals surface area contributed by atoms with Gasteiger partial charge in [0, 0.05) is 19.1 Å². The molecule has 2 fully saturated rings. The van der Waals surface area contributed by atoms with E-state index in [-0.39, 0.29) is 12.1 Å². The lowest BCUT2D eigenvalue weighted by atomic mass is 10.0. The van der Waals surface area contributed by atoms with Crippen LogP contribution in [0.2, 0.25) is 0 Å². The average Bonchev–Trinajstić information content (AvgIpc) is 3.05. The Balaban J connectivity index is 1.80. The van der Waals surface area contributed by atoms with Gasteiger partial charge in [-0.1, -0.05) is 13.3 Å². The van der Waals surface area contributed by atoms with Crippen molar-refractivity contribution in [2.75, 3.05) is 13.1 Å². The number of likely N-dealkylation sites (tertiary alicyclic amines) is 1. The highest BCUT2D eigenvalue weighted by Crippen LogP contribution is 2.41. The van der Waals surface area contributed by atoms with Gasteiger partial charge in [0.15, 0.2) is 0 Å². The molecule has 1 aliphatic carbocycles. The highest BCUT2D eigenvalue weighted by Gasteiger charge is 2.41. The van der Waals surface area contributed by atoms with Crippen molar-refractivity contribution in [1.82, 2.24) is 4.90 Å². The molecule has 1 saturated carbocycles. The lowest BCUT2D eigenvalue weighted by Crippen LogP contribution is -2.40. The first kappa shape index (κ1) is 13.2. The third-order valence-electron chi connectivity index (χ3n) is 5.08. The molecule has 2 aliphatic rings. The molecule has 0 aromatic carbocycles. The summed E-state index contributed by atoms with van der Waals surface area (Å²) in [7, 11) is 0. The van der Waals surface area contributed by atoms with Crippen molar-refractivity contribution >= 4 is 0 Å². The van der Waals surface area contributed by atoms with Gasteiger partial charge in [0.05, 0.1) is 6.04 Å². The average molecular weight is 262 g/mol. The van der Waals surface area contributed by atoms with Gasteiger partial charge in [-0.3, -0.25) is 4.90 Å². The van der Waals surface area contributed by atoms with E-state index in [1.807, 2.05) is 6.92 Å². The van der Waals surface area contributed by atoms with Crippen LogP contribution in [0.3, 0.4) is 0 Å². The zero-order chi connectivity index (χ0) is 13.4. The van der Waals surface area contributed by atoms with Crippen LogP contribution in [0.4, 0.5) is 0 Å². The van der Waals surface area contributed by atoms with Crippen LogP contribution in [0.25, 0.3) is 0 Å². The summed E-state index contributed by atoms with van der Waals surface area (Å²) in [5.74, 6) is 3.86. The Bertz CT molecular complexity index is 416. The first-order chi connectivity index (χ1) is 9.19. The van der Waals surface area contributed by atoms with Crippen LogP contribution in [0.15, 0.2) is 16.5 Å². The second-order valence-corrected chi connectivity index (χ2v) is 6.37. The molecule has 3 heteroatoms. The lowest BCUT2D eigenvalue weighted by molar-refractivity contribution is 0.168. The van der Waals surface area contributed by atoms with Crippen molar-refractivity contribution in [3.05, 3.63) is 23.7 Å². The fraction of sp³-hybridized carbons (Fsp3) is 0.750. The molecule has 0 amide bonds. The molecule has 2 heterocycles. The molecule has 0 spiro atoms. The first-order valence-corrected chi connectivity index (χ1v) is 7.75. The van der Waals surface area contributed by atoms with Crippen molar-refractivity contribution in [3.63, 3.8) is 0 Å². The summed E-state index contributed by atoms with van der Waals surface area (Å²) in [6, 6.07) is 4.61. The van der Waals surface area contributed by atoms with E-state index in [1.165, 1.54) is 32.4 Å². The van der Waals surface area contributed by atoms with Gasteiger partial charge in [-0.15, -0.1) is 0 Å². The van der Waals surface area contributed by atoms with Gasteiger partial charge in [0.1, 0.15) is 11.5 Å². The molecule has 3 rings (SSSR count). The topological polar surface area (TPSA) is 42.4 Å². The molecule has 0 radical (unpaired) electrons. The molecule has 4 unspecified atom stereocenters. The molecule has 106 valence electrons. The van der Waals surface area contributed by atoms with Gasteiger partial charge in [0.2, 0.25) is 0 Å². The van der Waals surface area contributed by atoms with E-state index in [1.54, 1.807) is 0 Å². The minimum absolute atomic E-state index is 0.171. The Morgan fingerprint density at radius 1 is 1.32 bits per heavy atom. The lowest BCUT2D eigenvalue weighted by Gasteiger charge is -2.31. The highest BCUT2D eigenvalue weighted by molar-refractivity contribution is 5.13. The highest BCUT2D eigenvalue weighted by atomic mass is 16.3. The van der Waals surface area contributed by atoms with Crippen LogP contribution in [0.5, 0.6) is 0 Å². The van der Waals surface area contributed by atoms with E-state index in [0.717, 1.165) is 29.8 Å². The van der Waals surface area contributed by atoms with Crippen LogP contribution in [0.1, 0.15) is 50.2 Å². The predicted molar refractivity (Wildman–Crippen MR) is 76.9 cm³/mol. The molecule has 1 aromatic heterocycles. The van der Waals surface area contributed by atoms with E-state index in [0.29, 0.717) is 0 Å². The molecule has 4 atom stereocenters. The second kappa shape index (κ2) is 5.29.